The molecule has 1 aliphatic rings. The first-order chi connectivity index (χ1) is 20.7. The van der Waals surface area contributed by atoms with Crippen molar-refractivity contribution in [3.63, 3.8) is 0 Å². The molecule has 6 rings (SSSR count). The van der Waals surface area contributed by atoms with Gasteiger partial charge in [-0.15, -0.1) is 0 Å². The molecule has 5 aromatic rings. The molecular formula is C40H36S2. The fourth-order valence-corrected chi connectivity index (χ4v) is 9.35. The second-order valence-corrected chi connectivity index (χ2v) is 15.3. The zero-order valence-corrected chi connectivity index (χ0v) is 25.7. The van der Waals surface area contributed by atoms with E-state index >= 15 is 0 Å². The number of thioether (sulfide) groups is 1. The fraction of sp³-hybridized carbons (Fsp3) is 0.100. The lowest BCUT2D eigenvalue weighted by molar-refractivity contribution is 1.19. The van der Waals surface area contributed by atoms with Gasteiger partial charge in [0.05, 0.1) is 0 Å². The Bertz CT molecular complexity index is 1680. The Hall–Kier alpha value is -3.98. The minimum Gasteiger partial charge on any atom is -0.186 e. The summed E-state index contributed by atoms with van der Waals surface area (Å²) in [5.41, 5.74) is 6.84. The number of rotatable bonds is 9. The molecule has 0 heterocycles. The predicted octanol–water partition coefficient (Wildman–Crippen LogP) is 11.4. The van der Waals surface area contributed by atoms with E-state index in [1.807, 2.05) is 11.8 Å². The van der Waals surface area contributed by atoms with Gasteiger partial charge in [0.1, 0.15) is 0 Å². The first-order valence-electron chi connectivity index (χ1n) is 14.5. The summed E-state index contributed by atoms with van der Waals surface area (Å²) in [7, 11) is -1.21. The quantitative estimate of drug-likeness (QED) is 0.167. The Morgan fingerprint density at radius 3 is 1.74 bits per heavy atom. The maximum atomic E-state index is 2.46. The number of hydrogen-bond acceptors (Lipinski definition) is 1. The van der Waals surface area contributed by atoms with E-state index in [-0.39, 0.29) is 0 Å². The second kappa shape index (κ2) is 13.3. The van der Waals surface area contributed by atoms with Crippen LogP contribution in [0.5, 0.6) is 0 Å². The predicted molar refractivity (Wildman–Crippen MR) is 184 cm³/mol. The van der Waals surface area contributed by atoms with Crippen molar-refractivity contribution in [1.82, 2.24) is 0 Å². The first-order valence-corrected chi connectivity index (χ1v) is 17.5. The summed E-state index contributed by atoms with van der Waals surface area (Å²) < 4.78 is 0. The Morgan fingerprint density at radius 1 is 0.595 bits per heavy atom. The molecular weight excluding hydrogens is 545 g/mol. The molecule has 0 aromatic heterocycles. The third-order valence-electron chi connectivity index (χ3n) is 7.85. The molecule has 208 valence electrons. The van der Waals surface area contributed by atoms with Crippen LogP contribution in [0.1, 0.15) is 23.1 Å². The van der Waals surface area contributed by atoms with Crippen LogP contribution in [0.15, 0.2) is 189 Å². The van der Waals surface area contributed by atoms with E-state index in [4.69, 9.17) is 0 Å². The molecule has 42 heavy (non-hydrogen) atoms. The van der Waals surface area contributed by atoms with E-state index in [1.165, 1.54) is 47.4 Å². The molecule has 0 saturated heterocycles. The average molecular weight is 581 g/mol. The second-order valence-electron chi connectivity index (χ2n) is 10.8. The largest absolute Gasteiger partial charge is 0.186 e. The van der Waals surface area contributed by atoms with Gasteiger partial charge >= 0.3 is 0 Å². The highest BCUT2D eigenvalue weighted by molar-refractivity contribution is 8.32. The third kappa shape index (κ3) is 6.73. The molecule has 0 N–H and O–H groups in total. The minimum absolute atomic E-state index is 0.938. The number of benzene rings is 5. The highest BCUT2D eigenvalue weighted by Crippen LogP contribution is 2.61. The maximum absolute atomic E-state index is 2.46. The molecule has 1 aliphatic carbocycles. The lowest BCUT2D eigenvalue weighted by Gasteiger charge is -2.37. The standard InChI is InChI=1S/C40H36S2/c1-42(38-20-12-5-13-21-38,31-33-16-8-3-9-17-33)39-28-26-37(27-29-39)41-36-24-22-35(23-25-36)40(34-18-10-4-11-19-34)30-32-14-6-2-7-15-32/h2-22,24-29H,23,30-31H2,1H3. The lowest BCUT2D eigenvalue weighted by atomic mass is 9.90. The van der Waals surface area contributed by atoms with Gasteiger partial charge in [0.25, 0.3) is 0 Å². The van der Waals surface area contributed by atoms with Crippen LogP contribution >= 0.6 is 21.8 Å². The highest BCUT2D eigenvalue weighted by atomic mass is 32.3. The average Bonchev–Trinajstić information content (AvgIpc) is 3.06. The van der Waals surface area contributed by atoms with Gasteiger partial charge in [0, 0.05) is 15.6 Å². The van der Waals surface area contributed by atoms with E-state index < -0.39 is 10.0 Å². The Balaban J connectivity index is 1.21. The summed E-state index contributed by atoms with van der Waals surface area (Å²) in [4.78, 5) is 5.44. The number of allylic oxidation sites excluding steroid dienone is 5. The van der Waals surface area contributed by atoms with E-state index in [9.17, 15) is 0 Å². The fourth-order valence-electron chi connectivity index (χ4n) is 5.54. The first kappa shape index (κ1) is 28.2. The summed E-state index contributed by atoms with van der Waals surface area (Å²) in [6, 6.07) is 52.9. The molecule has 0 amide bonds. The van der Waals surface area contributed by atoms with Crippen molar-refractivity contribution in [2.45, 2.75) is 33.3 Å². The van der Waals surface area contributed by atoms with E-state index in [2.05, 4.69) is 170 Å². The van der Waals surface area contributed by atoms with Crippen molar-refractivity contribution in [2.24, 2.45) is 0 Å². The summed E-state index contributed by atoms with van der Waals surface area (Å²) in [6.07, 6.45) is 11.3. The zero-order valence-electron chi connectivity index (χ0n) is 24.0. The van der Waals surface area contributed by atoms with Crippen LogP contribution in [0, 0.1) is 0 Å². The van der Waals surface area contributed by atoms with Crippen LogP contribution in [0.25, 0.3) is 5.57 Å². The van der Waals surface area contributed by atoms with Crippen LogP contribution in [0.2, 0.25) is 0 Å². The molecule has 0 nitrogen and oxygen atoms in total. The summed E-state index contributed by atoms with van der Waals surface area (Å²) in [5.74, 6) is 1.04. The topological polar surface area (TPSA) is 0 Å². The summed E-state index contributed by atoms with van der Waals surface area (Å²) in [6.45, 7) is 0. The van der Waals surface area contributed by atoms with Crippen LogP contribution < -0.4 is 0 Å². The molecule has 0 bridgehead atoms. The Kier molecular flexibility index (Phi) is 8.94. The van der Waals surface area contributed by atoms with Gasteiger partial charge in [0.2, 0.25) is 0 Å². The van der Waals surface area contributed by atoms with Crippen LogP contribution in [-0.2, 0) is 12.2 Å². The molecule has 1 atom stereocenters. The molecule has 1 unspecified atom stereocenters. The van der Waals surface area contributed by atoms with Crippen molar-refractivity contribution in [2.75, 3.05) is 6.26 Å². The van der Waals surface area contributed by atoms with Gasteiger partial charge in [-0.2, -0.15) is 10.0 Å². The van der Waals surface area contributed by atoms with Gasteiger partial charge in [-0.3, -0.25) is 0 Å². The normalized spacial score (nSPS) is 16.3. The van der Waals surface area contributed by atoms with Crippen LogP contribution in [-0.4, -0.2) is 6.26 Å². The Morgan fingerprint density at radius 2 is 1.14 bits per heavy atom. The summed E-state index contributed by atoms with van der Waals surface area (Å²) in [5, 5.41) is 0. The van der Waals surface area contributed by atoms with E-state index in [0.717, 1.165) is 18.6 Å². The molecule has 0 saturated carbocycles. The smallest absolute Gasteiger partial charge is 0.0123 e. The van der Waals surface area contributed by atoms with Gasteiger partial charge in [-0.05, 0) is 99.2 Å². The van der Waals surface area contributed by atoms with Crippen molar-refractivity contribution < 1.29 is 0 Å². The van der Waals surface area contributed by atoms with Gasteiger partial charge in [0.15, 0.2) is 0 Å². The van der Waals surface area contributed by atoms with Crippen LogP contribution in [0.3, 0.4) is 0 Å². The van der Waals surface area contributed by atoms with E-state index in [1.54, 1.807) is 0 Å². The monoisotopic (exact) mass is 580 g/mol. The lowest BCUT2D eigenvalue weighted by Crippen LogP contribution is -2.04. The van der Waals surface area contributed by atoms with Gasteiger partial charge < -0.3 is 0 Å². The molecule has 2 heteroatoms. The Labute approximate surface area is 256 Å². The molecule has 0 spiro atoms. The summed E-state index contributed by atoms with van der Waals surface area (Å²) >= 11 is 1.86. The third-order valence-corrected chi connectivity index (χ3v) is 12.4. The van der Waals surface area contributed by atoms with Crippen molar-refractivity contribution in [1.29, 1.82) is 0 Å². The van der Waals surface area contributed by atoms with Crippen molar-refractivity contribution in [3.05, 3.63) is 191 Å². The highest BCUT2D eigenvalue weighted by Gasteiger charge is 2.24. The maximum Gasteiger partial charge on any atom is 0.0123 e. The van der Waals surface area contributed by atoms with Gasteiger partial charge in [-0.25, -0.2) is 0 Å². The SMILES string of the molecule is CS(Cc1ccccc1)(c1ccccc1)c1ccc(SC2=CCC(=C(Cc3ccccc3)c3ccccc3)C=C2)cc1. The molecule has 0 radical (unpaired) electrons. The molecule has 0 fully saturated rings. The minimum atomic E-state index is -1.21. The van der Waals surface area contributed by atoms with E-state index in [0.29, 0.717) is 0 Å². The van der Waals surface area contributed by atoms with Crippen molar-refractivity contribution in [3.8, 4) is 0 Å². The van der Waals surface area contributed by atoms with Crippen molar-refractivity contribution >= 4 is 27.4 Å². The molecule has 0 aliphatic heterocycles. The van der Waals surface area contributed by atoms with Crippen LogP contribution in [0.4, 0.5) is 0 Å². The number of hydrogen-bond donors (Lipinski definition) is 0. The molecule has 5 aromatic carbocycles. The van der Waals surface area contributed by atoms with Gasteiger partial charge in [-0.1, -0.05) is 133 Å². The zero-order chi connectivity index (χ0) is 28.6.